The molecule has 0 radical (unpaired) electrons. The molecule has 192 valence electrons. The summed E-state index contributed by atoms with van der Waals surface area (Å²) in [5.41, 5.74) is -0.835. The summed E-state index contributed by atoms with van der Waals surface area (Å²) in [7, 11) is 1.37. The topological polar surface area (TPSA) is 89.3 Å². The summed E-state index contributed by atoms with van der Waals surface area (Å²) in [5, 5.41) is 4.01. The second kappa shape index (κ2) is 8.82. The zero-order valence-corrected chi connectivity index (χ0v) is 19.2. The summed E-state index contributed by atoms with van der Waals surface area (Å²) in [6.07, 6.45) is -2.98. The van der Waals surface area contributed by atoms with Gasteiger partial charge in [-0.05, 0) is 31.4 Å². The molecule has 1 spiro atoms. The predicted molar refractivity (Wildman–Crippen MR) is 118 cm³/mol. The first-order valence-corrected chi connectivity index (χ1v) is 11.3. The highest BCUT2D eigenvalue weighted by Crippen LogP contribution is 2.44. The van der Waals surface area contributed by atoms with Gasteiger partial charge >= 0.3 is 6.18 Å². The molecule has 3 aromatic heterocycles. The Bertz CT molecular complexity index is 1270. The van der Waals surface area contributed by atoms with Gasteiger partial charge in [-0.15, -0.1) is 5.10 Å². The number of methoxy groups -OCH3 is 1. The number of rotatable bonds is 5. The summed E-state index contributed by atoms with van der Waals surface area (Å²) in [4.78, 5) is 29.0. The summed E-state index contributed by atoms with van der Waals surface area (Å²) in [6, 6.07) is 2.14. The van der Waals surface area contributed by atoms with Gasteiger partial charge in [0.05, 0.1) is 30.6 Å². The normalized spacial score (nSPS) is 18.1. The Morgan fingerprint density at radius 2 is 1.81 bits per heavy atom. The smallest absolute Gasteiger partial charge is 0.433 e. The van der Waals surface area contributed by atoms with Crippen molar-refractivity contribution in [2.75, 3.05) is 36.5 Å². The number of carbonyl (C=O) groups excluding carboxylic acids is 1. The molecule has 2 aliphatic heterocycles. The Balaban J connectivity index is 1.31. The van der Waals surface area contributed by atoms with Crippen LogP contribution < -0.4 is 14.5 Å². The number of aromatic nitrogens is 5. The second-order valence-electron chi connectivity index (χ2n) is 8.86. The average molecular weight is 511 g/mol. The van der Waals surface area contributed by atoms with E-state index >= 15 is 0 Å². The molecule has 0 N–H and O–H groups in total. The van der Waals surface area contributed by atoms with Crippen LogP contribution in [0.5, 0.6) is 5.88 Å². The van der Waals surface area contributed by atoms with E-state index in [0.717, 1.165) is 16.9 Å². The van der Waals surface area contributed by atoms with Gasteiger partial charge in [0.2, 0.25) is 5.91 Å². The average Bonchev–Trinajstić information content (AvgIpc) is 3.36. The van der Waals surface area contributed by atoms with Crippen LogP contribution in [0.2, 0.25) is 0 Å². The van der Waals surface area contributed by atoms with Crippen molar-refractivity contribution in [3.8, 4) is 5.88 Å². The van der Waals surface area contributed by atoms with Crippen LogP contribution in [-0.4, -0.2) is 63.8 Å². The maximum absolute atomic E-state index is 13.3. The molecule has 0 atom stereocenters. The largest absolute Gasteiger partial charge is 0.478 e. The molecule has 2 fully saturated rings. The number of piperidine rings is 1. The minimum absolute atomic E-state index is 0.108. The lowest BCUT2D eigenvalue weighted by Crippen LogP contribution is -2.45. The van der Waals surface area contributed by atoms with E-state index in [9.17, 15) is 26.7 Å². The monoisotopic (exact) mass is 511 g/mol. The highest BCUT2D eigenvalue weighted by molar-refractivity contribution is 6.00. The lowest BCUT2D eigenvalue weighted by Gasteiger charge is -2.38. The third-order valence-electron chi connectivity index (χ3n) is 6.81. The quantitative estimate of drug-likeness (QED) is 0.484. The predicted octanol–water partition coefficient (Wildman–Crippen LogP) is 3.54. The number of nitrogens with zero attached hydrogens (tertiary/aromatic N) is 7. The molecule has 5 rings (SSSR count). The van der Waals surface area contributed by atoms with Gasteiger partial charge in [-0.25, -0.2) is 28.4 Å². The van der Waals surface area contributed by atoms with Crippen LogP contribution in [0, 0.1) is 5.41 Å². The SMILES string of the molecule is COc1nn(CC(F)F)c2nc(N3CCC4(CC3)CCN(c3ccc(C(F)(F)F)nc3)C4=O)cnc12. The van der Waals surface area contributed by atoms with Crippen molar-refractivity contribution < 1.29 is 31.5 Å². The minimum Gasteiger partial charge on any atom is -0.478 e. The first-order valence-electron chi connectivity index (χ1n) is 11.3. The van der Waals surface area contributed by atoms with Crippen LogP contribution in [0.3, 0.4) is 0 Å². The Morgan fingerprint density at radius 3 is 2.42 bits per heavy atom. The number of hydrogen-bond acceptors (Lipinski definition) is 7. The van der Waals surface area contributed by atoms with Gasteiger partial charge in [0.25, 0.3) is 12.3 Å². The maximum atomic E-state index is 13.3. The van der Waals surface area contributed by atoms with Gasteiger partial charge in [0.15, 0.2) is 11.2 Å². The molecular formula is C22H22F5N7O2. The highest BCUT2D eigenvalue weighted by Gasteiger charge is 2.49. The third-order valence-corrected chi connectivity index (χ3v) is 6.81. The number of pyridine rings is 1. The highest BCUT2D eigenvalue weighted by atomic mass is 19.4. The maximum Gasteiger partial charge on any atom is 0.433 e. The molecular weight excluding hydrogens is 489 g/mol. The van der Waals surface area contributed by atoms with E-state index in [1.807, 2.05) is 4.90 Å². The number of carbonyl (C=O) groups is 1. The second-order valence-corrected chi connectivity index (χ2v) is 8.86. The van der Waals surface area contributed by atoms with Crippen LogP contribution in [-0.2, 0) is 17.5 Å². The molecule has 9 nitrogen and oxygen atoms in total. The molecule has 0 aromatic carbocycles. The number of anilines is 2. The Morgan fingerprint density at radius 1 is 1.08 bits per heavy atom. The van der Waals surface area contributed by atoms with Crippen LogP contribution in [0.25, 0.3) is 11.2 Å². The Hall–Kier alpha value is -3.58. The Kier molecular flexibility index (Phi) is 5.91. The van der Waals surface area contributed by atoms with Crippen LogP contribution >= 0.6 is 0 Å². The summed E-state index contributed by atoms with van der Waals surface area (Å²) in [6.45, 7) is 0.699. The van der Waals surface area contributed by atoms with E-state index in [4.69, 9.17) is 4.74 Å². The van der Waals surface area contributed by atoms with Gasteiger partial charge in [-0.1, -0.05) is 0 Å². The van der Waals surface area contributed by atoms with Gasteiger partial charge < -0.3 is 14.5 Å². The van der Waals surface area contributed by atoms with E-state index in [2.05, 4.69) is 20.1 Å². The molecule has 0 unspecified atom stereocenters. The number of alkyl halides is 5. The summed E-state index contributed by atoms with van der Waals surface area (Å²) in [5.74, 6) is 0.450. The van der Waals surface area contributed by atoms with Gasteiger partial charge in [0.1, 0.15) is 18.1 Å². The zero-order valence-electron chi connectivity index (χ0n) is 19.2. The van der Waals surface area contributed by atoms with Crippen molar-refractivity contribution in [3.63, 3.8) is 0 Å². The lowest BCUT2D eigenvalue weighted by molar-refractivity contribution is -0.141. The molecule has 3 aromatic rings. The van der Waals surface area contributed by atoms with Crippen LogP contribution in [0.1, 0.15) is 25.0 Å². The van der Waals surface area contributed by atoms with Crippen molar-refractivity contribution >= 4 is 28.6 Å². The lowest BCUT2D eigenvalue weighted by atomic mass is 9.77. The fraction of sp³-hybridized carbons (Fsp3) is 0.500. The first-order chi connectivity index (χ1) is 17.1. The molecule has 36 heavy (non-hydrogen) atoms. The van der Waals surface area contributed by atoms with Crippen molar-refractivity contribution in [2.45, 2.75) is 38.4 Å². The molecule has 5 heterocycles. The van der Waals surface area contributed by atoms with Gasteiger partial charge in [0, 0.05) is 19.6 Å². The minimum atomic E-state index is -4.55. The summed E-state index contributed by atoms with van der Waals surface area (Å²) >= 11 is 0. The standard InChI is InChI=1S/C22H22F5N7O2/c1-36-19-17-18(34(31-19)12-15(23)24)30-16(11-29-17)32-7-4-21(5-8-32)6-9-33(20(21)35)13-2-3-14(28-10-13)22(25,26)27/h2-3,10-11,15H,4-9,12H2,1H3. The van der Waals surface area contributed by atoms with Gasteiger partial charge in [-0.3, -0.25) is 4.79 Å². The molecule has 0 bridgehead atoms. The number of ether oxygens (including phenoxy) is 1. The van der Waals surface area contributed by atoms with E-state index < -0.39 is 30.3 Å². The molecule has 2 saturated heterocycles. The van der Waals surface area contributed by atoms with E-state index in [0.29, 0.717) is 50.4 Å². The molecule has 0 saturated carbocycles. The van der Waals surface area contributed by atoms with Crippen LogP contribution in [0.15, 0.2) is 24.5 Å². The Labute approximate surface area is 201 Å². The van der Waals surface area contributed by atoms with E-state index in [1.54, 1.807) is 0 Å². The number of fused-ring (bicyclic) bond motifs is 1. The third kappa shape index (κ3) is 4.17. The van der Waals surface area contributed by atoms with E-state index in [-0.39, 0.29) is 23.0 Å². The van der Waals surface area contributed by atoms with Crippen LogP contribution in [0.4, 0.5) is 33.5 Å². The van der Waals surface area contributed by atoms with Crippen molar-refractivity contribution in [3.05, 3.63) is 30.2 Å². The molecule has 0 aliphatic carbocycles. The van der Waals surface area contributed by atoms with Gasteiger partial charge in [-0.2, -0.15) is 13.2 Å². The van der Waals surface area contributed by atoms with Crippen molar-refractivity contribution in [2.24, 2.45) is 5.41 Å². The molecule has 1 amide bonds. The van der Waals surface area contributed by atoms with Crippen molar-refractivity contribution in [1.82, 2.24) is 24.7 Å². The summed E-state index contributed by atoms with van der Waals surface area (Å²) < 4.78 is 70.6. The number of halogens is 5. The van der Waals surface area contributed by atoms with Crippen molar-refractivity contribution in [1.29, 1.82) is 0 Å². The first kappa shape index (κ1) is 24.1. The molecule has 2 aliphatic rings. The number of amides is 1. The number of hydrogen-bond donors (Lipinski definition) is 0. The van der Waals surface area contributed by atoms with E-state index in [1.165, 1.54) is 24.3 Å². The zero-order chi connectivity index (χ0) is 25.7. The fourth-order valence-corrected chi connectivity index (χ4v) is 4.86. The fourth-order valence-electron chi connectivity index (χ4n) is 4.86. The molecule has 14 heteroatoms.